The minimum Gasteiger partial charge on any atom is -0.341 e. The zero-order valence-corrected chi connectivity index (χ0v) is 17.7. The Balaban J connectivity index is 1.74. The first-order valence-corrected chi connectivity index (χ1v) is 10.3. The third kappa shape index (κ3) is 4.94. The number of aromatic amines is 1. The molecule has 7 heteroatoms. The summed E-state index contributed by atoms with van der Waals surface area (Å²) in [4.78, 5) is 8.01. The van der Waals surface area contributed by atoms with E-state index < -0.39 is 11.7 Å². The Bertz CT molecular complexity index is 1200. The fourth-order valence-electron chi connectivity index (χ4n) is 3.38. The second-order valence-corrected chi connectivity index (χ2v) is 7.93. The number of rotatable bonds is 5. The molecule has 0 unspecified atom stereocenters. The molecule has 0 amide bonds. The molecule has 0 bridgehead atoms. The summed E-state index contributed by atoms with van der Waals surface area (Å²) in [7, 11) is 0. The molecule has 1 N–H and O–H groups in total. The Morgan fingerprint density at radius 2 is 1.29 bits per heavy atom. The summed E-state index contributed by atoms with van der Waals surface area (Å²) < 4.78 is 38.9. The van der Waals surface area contributed by atoms with E-state index in [0.29, 0.717) is 45.7 Å². The van der Waals surface area contributed by atoms with Gasteiger partial charge in [0, 0.05) is 22.9 Å². The molecular formula is C24H17Cl2F3N2. The van der Waals surface area contributed by atoms with Crippen molar-refractivity contribution in [1.29, 1.82) is 0 Å². The van der Waals surface area contributed by atoms with Gasteiger partial charge in [-0.25, -0.2) is 4.98 Å². The van der Waals surface area contributed by atoms with E-state index in [1.165, 1.54) is 12.1 Å². The van der Waals surface area contributed by atoms with E-state index >= 15 is 0 Å². The number of H-pyrrole nitrogens is 1. The van der Waals surface area contributed by atoms with Crippen molar-refractivity contribution < 1.29 is 13.2 Å². The minimum absolute atomic E-state index is 0.440. The third-order valence-corrected chi connectivity index (χ3v) is 5.70. The van der Waals surface area contributed by atoms with Gasteiger partial charge >= 0.3 is 6.18 Å². The highest BCUT2D eigenvalue weighted by Crippen LogP contribution is 2.32. The molecule has 0 saturated carbocycles. The second-order valence-electron chi connectivity index (χ2n) is 7.12. The number of benzene rings is 3. The molecule has 4 aromatic rings. The number of halogens is 5. The summed E-state index contributed by atoms with van der Waals surface area (Å²) in [5, 5.41) is 1.24. The first-order chi connectivity index (χ1) is 14.8. The van der Waals surface area contributed by atoms with Crippen LogP contribution in [0.25, 0.3) is 11.3 Å². The number of alkyl halides is 3. The van der Waals surface area contributed by atoms with Crippen LogP contribution in [0.4, 0.5) is 13.2 Å². The molecule has 0 aliphatic rings. The van der Waals surface area contributed by atoms with Crippen LogP contribution in [0.3, 0.4) is 0 Å². The van der Waals surface area contributed by atoms with Crippen LogP contribution < -0.4 is 0 Å². The smallest absolute Gasteiger partial charge is 0.341 e. The Morgan fingerprint density at radius 3 is 1.84 bits per heavy atom. The first kappa shape index (κ1) is 21.5. The second kappa shape index (κ2) is 8.77. The normalized spacial score (nSPS) is 11.6. The van der Waals surface area contributed by atoms with E-state index in [0.717, 1.165) is 23.3 Å². The molecule has 0 radical (unpaired) electrons. The molecule has 0 saturated heterocycles. The molecule has 0 fully saturated rings. The molecule has 1 heterocycles. The summed E-state index contributed by atoms with van der Waals surface area (Å²) in [5.74, 6) is 0.671. The van der Waals surface area contributed by atoms with Gasteiger partial charge in [0.1, 0.15) is 5.82 Å². The van der Waals surface area contributed by atoms with Crippen molar-refractivity contribution in [1.82, 2.24) is 9.97 Å². The van der Waals surface area contributed by atoms with Crippen LogP contribution in [-0.4, -0.2) is 9.97 Å². The quantitative estimate of drug-likeness (QED) is 0.326. The van der Waals surface area contributed by atoms with Crippen molar-refractivity contribution in [3.05, 3.63) is 111 Å². The minimum atomic E-state index is -4.39. The first-order valence-electron chi connectivity index (χ1n) is 9.53. The summed E-state index contributed by atoms with van der Waals surface area (Å²) in [6.07, 6.45) is -3.48. The molecule has 3 aromatic carbocycles. The average molecular weight is 461 g/mol. The van der Waals surface area contributed by atoms with Crippen LogP contribution in [0.5, 0.6) is 0 Å². The summed E-state index contributed by atoms with van der Waals surface area (Å²) in [6.45, 7) is 0. The molecule has 1 aromatic heterocycles. The van der Waals surface area contributed by atoms with Crippen LogP contribution in [0, 0.1) is 0 Å². The summed E-state index contributed by atoms with van der Waals surface area (Å²) in [5.41, 5.74) is 3.08. The van der Waals surface area contributed by atoms with Crippen molar-refractivity contribution in [3.63, 3.8) is 0 Å². The number of aromatic nitrogens is 2. The number of nitrogens with zero attached hydrogens (tertiary/aromatic N) is 1. The fraction of sp³-hybridized carbons (Fsp3) is 0.125. The monoisotopic (exact) mass is 460 g/mol. The van der Waals surface area contributed by atoms with Crippen molar-refractivity contribution >= 4 is 23.2 Å². The van der Waals surface area contributed by atoms with Gasteiger partial charge in [-0.15, -0.1) is 0 Å². The molecule has 2 nitrogen and oxygen atoms in total. The molecular weight excluding hydrogens is 444 g/mol. The van der Waals surface area contributed by atoms with Gasteiger partial charge in [-0.05, 0) is 41.0 Å². The van der Waals surface area contributed by atoms with E-state index in [-0.39, 0.29) is 0 Å². The van der Waals surface area contributed by atoms with Crippen LogP contribution in [0.1, 0.15) is 28.2 Å². The SMILES string of the molecule is FC(F)(F)c1ccc(-c2[nH]c(Cc3ccccc3Cl)nc2Cc2ccccc2Cl)cc1. The number of imidazole rings is 1. The summed E-state index contributed by atoms with van der Waals surface area (Å²) >= 11 is 12.6. The zero-order valence-electron chi connectivity index (χ0n) is 16.2. The highest BCUT2D eigenvalue weighted by molar-refractivity contribution is 6.31. The maximum Gasteiger partial charge on any atom is 0.416 e. The van der Waals surface area contributed by atoms with Crippen LogP contribution in [0.2, 0.25) is 10.0 Å². The van der Waals surface area contributed by atoms with Crippen LogP contribution >= 0.6 is 23.2 Å². The zero-order chi connectivity index (χ0) is 22.0. The lowest BCUT2D eigenvalue weighted by Gasteiger charge is -2.08. The highest BCUT2D eigenvalue weighted by Gasteiger charge is 2.30. The predicted octanol–water partition coefficient (Wildman–Crippen LogP) is 7.58. The Hall–Kier alpha value is -2.76. The van der Waals surface area contributed by atoms with Gasteiger partial charge in [0.2, 0.25) is 0 Å². The third-order valence-electron chi connectivity index (χ3n) is 4.96. The van der Waals surface area contributed by atoms with E-state index in [4.69, 9.17) is 28.2 Å². The molecule has 158 valence electrons. The lowest BCUT2D eigenvalue weighted by atomic mass is 10.0. The maximum absolute atomic E-state index is 13.0. The topological polar surface area (TPSA) is 28.7 Å². The fourth-order valence-corrected chi connectivity index (χ4v) is 3.79. The Labute approximate surface area is 187 Å². The molecule has 4 rings (SSSR count). The van der Waals surface area contributed by atoms with E-state index in [2.05, 4.69) is 4.98 Å². The van der Waals surface area contributed by atoms with Crippen molar-refractivity contribution in [2.75, 3.05) is 0 Å². The van der Waals surface area contributed by atoms with Crippen molar-refractivity contribution in [2.45, 2.75) is 19.0 Å². The molecule has 0 atom stereocenters. The van der Waals surface area contributed by atoms with Gasteiger partial charge in [-0.3, -0.25) is 0 Å². The highest BCUT2D eigenvalue weighted by atomic mass is 35.5. The Morgan fingerprint density at radius 1 is 0.742 bits per heavy atom. The molecule has 0 aliphatic heterocycles. The van der Waals surface area contributed by atoms with Gasteiger partial charge in [0.05, 0.1) is 17.0 Å². The largest absolute Gasteiger partial charge is 0.416 e. The predicted molar refractivity (Wildman–Crippen MR) is 118 cm³/mol. The van der Waals surface area contributed by atoms with Crippen LogP contribution in [0.15, 0.2) is 72.8 Å². The van der Waals surface area contributed by atoms with Crippen LogP contribution in [-0.2, 0) is 19.0 Å². The van der Waals surface area contributed by atoms with Gasteiger partial charge < -0.3 is 4.98 Å². The van der Waals surface area contributed by atoms with Gasteiger partial charge in [0.25, 0.3) is 0 Å². The lowest BCUT2D eigenvalue weighted by Crippen LogP contribution is -2.04. The summed E-state index contributed by atoms with van der Waals surface area (Å²) in [6, 6.07) is 19.9. The average Bonchev–Trinajstić information content (AvgIpc) is 3.13. The van der Waals surface area contributed by atoms with E-state index in [9.17, 15) is 13.2 Å². The Kier molecular flexibility index (Phi) is 6.08. The number of hydrogen-bond donors (Lipinski definition) is 1. The van der Waals surface area contributed by atoms with Gasteiger partial charge in [0.15, 0.2) is 0 Å². The molecule has 0 aliphatic carbocycles. The van der Waals surface area contributed by atoms with Gasteiger partial charge in [-0.1, -0.05) is 71.7 Å². The molecule has 31 heavy (non-hydrogen) atoms. The molecule has 0 spiro atoms. The number of nitrogens with one attached hydrogen (secondary N) is 1. The van der Waals surface area contributed by atoms with E-state index in [1.54, 1.807) is 12.1 Å². The van der Waals surface area contributed by atoms with Crippen molar-refractivity contribution in [2.24, 2.45) is 0 Å². The standard InChI is InChI=1S/C24H17Cl2F3N2/c25-19-7-3-1-5-16(19)13-21-23(15-9-11-18(12-10-15)24(27,28)29)31-22(30-21)14-17-6-2-4-8-20(17)26/h1-12H,13-14H2,(H,30,31). The van der Waals surface area contributed by atoms with E-state index in [1.807, 2.05) is 36.4 Å². The maximum atomic E-state index is 13.0. The van der Waals surface area contributed by atoms with Crippen molar-refractivity contribution in [3.8, 4) is 11.3 Å². The lowest BCUT2D eigenvalue weighted by molar-refractivity contribution is -0.137. The van der Waals surface area contributed by atoms with Gasteiger partial charge in [-0.2, -0.15) is 13.2 Å². The number of hydrogen-bond acceptors (Lipinski definition) is 1.